The normalized spacial score (nSPS) is 48.1. The summed E-state index contributed by atoms with van der Waals surface area (Å²) < 4.78 is 11.4. The molecule has 0 aromatic heterocycles. The lowest BCUT2D eigenvalue weighted by molar-refractivity contribution is -0.149. The first-order valence-electron chi connectivity index (χ1n) is 12.3. The number of rotatable bonds is 4. The molecule has 6 heteroatoms. The van der Waals surface area contributed by atoms with Crippen LogP contribution in [0.15, 0.2) is 0 Å². The summed E-state index contributed by atoms with van der Waals surface area (Å²) in [5, 5.41) is 9.61. The number of carbonyl (C=O) groups excluding carboxylic acids is 2. The van der Waals surface area contributed by atoms with E-state index in [1.165, 1.54) is 13.3 Å². The second kappa shape index (κ2) is 7.57. The summed E-state index contributed by atoms with van der Waals surface area (Å²) in [4.78, 5) is 35.9. The molecule has 2 bridgehead atoms. The Morgan fingerprint density at radius 3 is 2.58 bits per heavy atom. The van der Waals surface area contributed by atoms with Crippen LogP contribution in [0.5, 0.6) is 0 Å². The molecule has 0 spiro atoms. The minimum absolute atomic E-state index is 0.0212. The van der Waals surface area contributed by atoms with Crippen molar-refractivity contribution in [2.45, 2.75) is 77.7 Å². The maximum absolute atomic E-state index is 13.0. The van der Waals surface area contributed by atoms with E-state index in [9.17, 15) is 19.5 Å². The Bertz CT molecular complexity index is 778. The van der Waals surface area contributed by atoms with Gasteiger partial charge in [-0.1, -0.05) is 13.3 Å². The minimum Gasteiger partial charge on any atom is -0.481 e. The Hall–Kier alpha value is -1.43. The van der Waals surface area contributed by atoms with Gasteiger partial charge < -0.3 is 14.6 Å². The van der Waals surface area contributed by atoms with Crippen LogP contribution in [0, 0.1) is 46.3 Å². The van der Waals surface area contributed by atoms with Crippen molar-refractivity contribution < 1.29 is 29.0 Å². The third-order valence-electron chi connectivity index (χ3n) is 10.3. The molecular weight excluding hydrogens is 396 g/mol. The van der Waals surface area contributed by atoms with Gasteiger partial charge in [-0.15, -0.1) is 0 Å². The fourth-order valence-electron chi connectivity index (χ4n) is 9.03. The molecule has 0 amide bonds. The molecule has 4 aliphatic carbocycles. The van der Waals surface area contributed by atoms with Gasteiger partial charge in [-0.05, 0) is 80.5 Å². The molecule has 9 atom stereocenters. The van der Waals surface area contributed by atoms with E-state index in [-0.39, 0.29) is 41.2 Å². The smallest absolute Gasteiger partial charge is 0.306 e. The number of Topliss-reactive ketones (excluding diaryl/α,β-unsaturated/α-hetero) is 1. The molecule has 6 nitrogen and oxygen atoms in total. The van der Waals surface area contributed by atoms with Crippen LogP contribution in [0.3, 0.4) is 0 Å². The van der Waals surface area contributed by atoms with Crippen LogP contribution < -0.4 is 0 Å². The van der Waals surface area contributed by atoms with Crippen LogP contribution >= 0.6 is 0 Å². The predicted octanol–water partition coefficient (Wildman–Crippen LogP) is 3.86. The van der Waals surface area contributed by atoms with E-state index in [2.05, 4.69) is 6.92 Å². The third kappa shape index (κ3) is 3.19. The van der Waals surface area contributed by atoms with Gasteiger partial charge in [0.1, 0.15) is 6.61 Å². The summed E-state index contributed by atoms with van der Waals surface area (Å²) in [6, 6.07) is 0. The van der Waals surface area contributed by atoms with E-state index in [0.29, 0.717) is 23.7 Å². The number of carboxylic acid groups (broad SMARTS) is 1. The summed E-state index contributed by atoms with van der Waals surface area (Å²) in [5.41, 5.74) is 0.114. The molecule has 172 valence electrons. The maximum Gasteiger partial charge on any atom is 0.306 e. The van der Waals surface area contributed by atoms with Crippen molar-refractivity contribution >= 4 is 17.7 Å². The lowest BCUT2D eigenvalue weighted by Gasteiger charge is -2.54. The molecule has 1 aliphatic heterocycles. The Kier molecular flexibility index (Phi) is 5.23. The number of ether oxygens (including phenoxy) is 2. The van der Waals surface area contributed by atoms with Crippen molar-refractivity contribution in [1.82, 2.24) is 0 Å². The summed E-state index contributed by atoms with van der Waals surface area (Å²) in [6.07, 6.45) is 9.04. The Labute approximate surface area is 184 Å². The Morgan fingerprint density at radius 1 is 1.03 bits per heavy atom. The van der Waals surface area contributed by atoms with Crippen LogP contribution in [0.4, 0.5) is 0 Å². The number of ketones is 1. The van der Waals surface area contributed by atoms with Gasteiger partial charge in [-0.3, -0.25) is 14.4 Å². The number of esters is 1. The number of aliphatic carboxylic acids is 1. The van der Waals surface area contributed by atoms with Crippen molar-refractivity contribution in [1.29, 1.82) is 0 Å². The third-order valence-corrected chi connectivity index (χ3v) is 10.3. The Balaban J connectivity index is 1.40. The highest BCUT2D eigenvalue weighted by Gasteiger charge is 2.65. The van der Waals surface area contributed by atoms with Crippen LogP contribution in [0.1, 0.15) is 71.6 Å². The first-order valence-corrected chi connectivity index (χ1v) is 12.3. The van der Waals surface area contributed by atoms with Gasteiger partial charge >= 0.3 is 11.9 Å². The van der Waals surface area contributed by atoms with Gasteiger partial charge in [0.15, 0.2) is 5.78 Å². The quantitative estimate of drug-likeness (QED) is 0.679. The number of fused-ring (bicyclic) bond motifs is 3. The standard InChI is InChI=1S/C25H36O6/c1-14(26)30-12-21(27)19-6-5-17-16-11-22-20-10-15(23(28)29)7-9-25(20,13-31-22)18(16)4-3-8-24(17,19)2/h15-20,22H,3-13H2,1-2H3,(H,28,29). The first kappa shape index (κ1) is 21.4. The van der Waals surface area contributed by atoms with Crippen molar-refractivity contribution in [3.63, 3.8) is 0 Å². The van der Waals surface area contributed by atoms with Gasteiger partial charge in [0, 0.05) is 18.3 Å². The lowest BCUT2D eigenvalue weighted by Crippen LogP contribution is -2.53. The van der Waals surface area contributed by atoms with Crippen LogP contribution in [0.2, 0.25) is 0 Å². The molecule has 1 saturated heterocycles. The topological polar surface area (TPSA) is 89.9 Å². The molecule has 0 aromatic carbocycles. The van der Waals surface area contributed by atoms with Crippen LogP contribution in [0.25, 0.3) is 0 Å². The molecule has 1 N–H and O–H groups in total. The number of hydrogen-bond donors (Lipinski definition) is 1. The zero-order chi connectivity index (χ0) is 22.0. The molecule has 5 aliphatic rings. The van der Waals surface area contributed by atoms with Crippen molar-refractivity contribution in [3.05, 3.63) is 0 Å². The molecule has 5 fully saturated rings. The minimum atomic E-state index is -0.644. The average Bonchev–Trinajstić information content (AvgIpc) is 3.16. The van der Waals surface area contributed by atoms with Gasteiger partial charge in [0.25, 0.3) is 0 Å². The van der Waals surface area contributed by atoms with Gasteiger partial charge in [0.05, 0.1) is 18.6 Å². The van der Waals surface area contributed by atoms with E-state index in [0.717, 1.165) is 58.0 Å². The molecular formula is C25H36O6. The Morgan fingerprint density at radius 2 is 1.84 bits per heavy atom. The highest BCUT2D eigenvalue weighted by atomic mass is 16.5. The maximum atomic E-state index is 13.0. The summed E-state index contributed by atoms with van der Waals surface area (Å²) in [5.74, 6) is 0.848. The zero-order valence-electron chi connectivity index (χ0n) is 18.8. The molecule has 4 saturated carbocycles. The molecule has 9 unspecified atom stereocenters. The SMILES string of the molecule is CC(=O)OCC(=O)C1CCC2C3CC4OCC5(CCC(C(=O)O)CC45)C3CCCC12C. The predicted molar refractivity (Wildman–Crippen MR) is 112 cm³/mol. The number of carbonyl (C=O) groups is 3. The highest BCUT2D eigenvalue weighted by Crippen LogP contribution is 2.68. The molecule has 5 rings (SSSR count). The van der Waals surface area contributed by atoms with Gasteiger partial charge in [-0.2, -0.15) is 0 Å². The molecule has 31 heavy (non-hydrogen) atoms. The van der Waals surface area contributed by atoms with E-state index >= 15 is 0 Å². The van der Waals surface area contributed by atoms with E-state index in [1.54, 1.807) is 0 Å². The highest BCUT2D eigenvalue weighted by molar-refractivity contribution is 5.85. The van der Waals surface area contributed by atoms with Crippen LogP contribution in [-0.4, -0.2) is 42.1 Å². The molecule has 0 radical (unpaired) electrons. The number of carboxylic acids is 1. The summed E-state index contributed by atoms with van der Waals surface area (Å²) >= 11 is 0. The number of hydrogen-bond acceptors (Lipinski definition) is 5. The van der Waals surface area contributed by atoms with E-state index in [1.807, 2.05) is 0 Å². The molecule has 0 aromatic rings. The lowest BCUT2D eigenvalue weighted by atomic mass is 9.48. The average molecular weight is 433 g/mol. The summed E-state index contributed by atoms with van der Waals surface area (Å²) in [6.45, 7) is 4.38. The monoisotopic (exact) mass is 432 g/mol. The summed E-state index contributed by atoms with van der Waals surface area (Å²) in [7, 11) is 0. The second-order valence-corrected chi connectivity index (χ2v) is 11.4. The van der Waals surface area contributed by atoms with Crippen molar-refractivity contribution in [2.24, 2.45) is 46.3 Å². The first-order chi connectivity index (χ1) is 14.8. The fourth-order valence-corrected chi connectivity index (χ4v) is 9.03. The molecule has 1 heterocycles. The van der Waals surface area contributed by atoms with Crippen molar-refractivity contribution in [2.75, 3.05) is 13.2 Å². The zero-order valence-corrected chi connectivity index (χ0v) is 18.8. The van der Waals surface area contributed by atoms with E-state index in [4.69, 9.17) is 9.47 Å². The van der Waals surface area contributed by atoms with Gasteiger partial charge in [-0.25, -0.2) is 0 Å². The van der Waals surface area contributed by atoms with E-state index < -0.39 is 11.9 Å². The fraction of sp³-hybridized carbons (Fsp3) is 0.880. The largest absolute Gasteiger partial charge is 0.481 e. The van der Waals surface area contributed by atoms with Crippen LogP contribution in [-0.2, 0) is 23.9 Å². The van der Waals surface area contributed by atoms with Gasteiger partial charge in [0.2, 0.25) is 0 Å². The van der Waals surface area contributed by atoms with Crippen molar-refractivity contribution in [3.8, 4) is 0 Å². The second-order valence-electron chi connectivity index (χ2n) is 11.4.